The summed E-state index contributed by atoms with van der Waals surface area (Å²) in [5.74, 6) is -0.319. The Morgan fingerprint density at radius 3 is 2.76 bits per heavy atom. The first-order valence-corrected chi connectivity index (χ1v) is 6.12. The first-order chi connectivity index (χ1) is 8.27. The van der Waals surface area contributed by atoms with Gasteiger partial charge in [-0.2, -0.15) is 0 Å². The Bertz CT molecular complexity index is 355. The number of carboxylic acid groups (broad SMARTS) is 1. The van der Waals surface area contributed by atoms with Crippen molar-refractivity contribution in [2.24, 2.45) is 5.92 Å². The molecular formula is C14H18O3. The van der Waals surface area contributed by atoms with Crippen molar-refractivity contribution in [3.05, 3.63) is 35.9 Å². The van der Waals surface area contributed by atoms with Gasteiger partial charge < -0.3 is 9.84 Å². The van der Waals surface area contributed by atoms with Crippen molar-refractivity contribution in [3.63, 3.8) is 0 Å². The SMILES string of the molecule is O=C(O)C[C@@H](c1ccccc1)[C@H]1CCCOC1. The van der Waals surface area contributed by atoms with Crippen molar-refractivity contribution >= 4 is 5.97 Å². The minimum absolute atomic E-state index is 0.0778. The number of aliphatic carboxylic acids is 1. The zero-order valence-corrected chi connectivity index (χ0v) is 9.84. The molecule has 0 bridgehead atoms. The highest BCUT2D eigenvalue weighted by Gasteiger charge is 2.27. The van der Waals surface area contributed by atoms with E-state index < -0.39 is 5.97 Å². The second-order valence-electron chi connectivity index (χ2n) is 4.59. The lowest BCUT2D eigenvalue weighted by Gasteiger charge is -2.29. The van der Waals surface area contributed by atoms with Crippen LogP contribution in [0.5, 0.6) is 0 Å². The molecule has 0 aromatic heterocycles. The summed E-state index contributed by atoms with van der Waals surface area (Å²) in [6, 6.07) is 9.92. The highest BCUT2D eigenvalue weighted by molar-refractivity contribution is 5.68. The van der Waals surface area contributed by atoms with Crippen LogP contribution in [0.4, 0.5) is 0 Å². The van der Waals surface area contributed by atoms with Gasteiger partial charge in [0.15, 0.2) is 0 Å². The Balaban J connectivity index is 2.15. The molecular weight excluding hydrogens is 216 g/mol. The van der Waals surface area contributed by atoms with E-state index in [-0.39, 0.29) is 12.3 Å². The fourth-order valence-electron chi connectivity index (χ4n) is 2.53. The van der Waals surface area contributed by atoms with Crippen LogP contribution in [0.2, 0.25) is 0 Å². The van der Waals surface area contributed by atoms with Crippen LogP contribution in [0.25, 0.3) is 0 Å². The molecule has 1 heterocycles. The molecule has 17 heavy (non-hydrogen) atoms. The van der Waals surface area contributed by atoms with E-state index in [1.807, 2.05) is 30.3 Å². The average molecular weight is 234 g/mol. The molecule has 0 spiro atoms. The third-order valence-corrected chi connectivity index (χ3v) is 3.39. The van der Waals surface area contributed by atoms with Gasteiger partial charge in [-0.05, 0) is 30.2 Å². The summed E-state index contributed by atoms with van der Waals surface area (Å²) < 4.78 is 5.47. The highest BCUT2D eigenvalue weighted by Crippen LogP contribution is 2.33. The fourth-order valence-corrected chi connectivity index (χ4v) is 2.53. The lowest BCUT2D eigenvalue weighted by atomic mass is 9.81. The van der Waals surface area contributed by atoms with Gasteiger partial charge >= 0.3 is 5.97 Å². The molecule has 0 aliphatic carbocycles. The molecule has 1 aromatic carbocycles. The Kier molecular flexibility index (Phi) is 4.15. The molecule has 1 aliphatic rings. The van der Waals surface area contributed by atoms with E-state index in [0.29, 0.717) is 12.5 Å². The van der Waals surface area contributed by atoms with E-state index in [1.54, 1.807) is 0 Å². The number of benzene rings is 1. The Hall–Kier alpha value is -1.35. The first-order valence-electron chi connectivity index (χ1n) is 6.12. The summed E-state index contributed by atoms with van der Waals surface area (Å²) in [5.41, 5.74) is 1.12. The Labute approximate surface area is 101 Å². The number of hydrogen-bond donors (Lipinski definition) is 1. The zero-order valence-electron chi connectivity index (χ0n) is 9.84. The van der Waals surface area contributed by atoms with Crippen LogP contribution in [0.1, 0.15) is 30.7 Å². The van der Waals surface area contributed by atoms with Gasteiger partial charge in [0, 0.05) is 13.2 Å². The third-order valence-electron chi connectivity index (χ3n) is 3.39. The second-order valence-corrected chi connectivity index (χ2v) is 4.59. The van der Waals surface area contributed by atoms with Crippen LogP contribution in [0.15, 0.2) is 30.3 Å². The first kappa shape index (κ1) is 12.1. The summed E-state index contributed by atoms with van der Waals surface area (Å²) in [5, 5.41) is 9.04. The van der Waals surface area contributed by atoms with Crippen molar-refractivity contribution in [2.45, 2.75) is 25.2 Å². The third kappa shape index (κ3) is 3.30. The molecule has 92 valence electrons. The van der Waals surface area contributed by atoms with Crippen molar-refractivity contribution in [1.29, 1.82) is 0 Å². The summed E-state index contributed by atoms with van der Waals surface area (Å²) in [7, 11) is 0. The molecule has 0 saturated carbocycles. The summed E-state index contributed by atoms with van der Waals surface area (Å²) >= 11 is 0. The molecule has 1 N–H and O–H groups in total. The molecule has 1 aromatic rings. The van der Waals surface area contributed by atoms with Gasteiger partial charge in [-0.3, -0.25) is 4.79 Å². The van der Waals surface area contributed by atoms with Gasteiger partial charge in [0.25, 0.3) is 0 Å². The molecule has 3 heteroatoms. The molecule has 3 nitrogen and oxygen atoms in total. The van der Waals surface area contributed by atoms with Crippen LogP contribution in [0.3, 0.4) is 0 Å². The quantitative estimate of drug-likeness (QED) is 0.871. The summed E-state index contributed by atoms with van der Waals surface area (Å²) in [6.07, 6.45) is 2.29. The number of carboxylic acids is 1. The zero-order chi connectivity index (χ0) is 12.1. The maximum atomic E-state index is 11.0. The Morgan fingerprint density at radius 1 is 1.41 bits per heavy atom. The lowest BCUT2D eigenvalue weighted by molar-refractivity contribution is -0.138. The maximum absolute atomic E-state index is 11.0. The van der Waals surface area contributed by atoms with Gasteiger partial charge in [-0.15, -0.1) is 0 Å². The lowest BCUT2D eigenvalue weighted by Crippen LogP contribution is -2.25. The largest absolute Gasteiger partial charge is 0.481 e. The average Bonchev–Trinajstić information content (AvgIpc) is 2.38. The molecule has 0 amide bonds. The van der Waals surface area contributed by atoms with E-state index in [2.05, 4.69) is 0 Å². The summed E-state index contributed by atoms with van der Waals surface area (Å²) in [6.45, 7) is 1.50. The number of carbonyl (C=O) groups is 1. The van der Waals surface area contributed by atoms with Crippen LogP contribution < -0.4 is 0 Å². The summed E-state index contributed by atoms with van der Waals surface area (Å²) in [4.78, 5) is 11.0. The normalized spacial score (nSPS) is 22.0. The predicted octanol–water partition coefficient (Wildman–Crippen LogP) is 2.67. The van der Waals surface area contributed by atoms with E-state index >= 15 is 0 Å². The second kappa shape index (κ2) is 5.82. The fraction of sp³-hybridized carbons (Fsp3) is 0.500. The number of rotatable bonds is 4. The van der Waals surface area contributed by atoms with Gasteiger partial charge in [0.05, 0.1) is 6.42 Å². The van der Waals surface area contributed by atoms with E-state index in [1.165, 1.54) is 0 Å². The highest BCUT2D eigenvalue weighted by atomic mass is 16.5. The van der Waals surface area contributed by atoms with Crippen molar-refractivity contribution in [1.82, 2.24) is 0 Å². The Morgan fingerprint density at radius 2 is 2.18 bits per heavy atom. The predicted molar refractivity (Wildman–Crippen MR) is 65.0 cm³/mol. The molecule has 0 radical (unpaired) electrons. The molecule has 2 rings (SSSR count). The monoisotopic (exact) mass is 234 g/mol. The van der Waals surface area contributed by atoms with Gasteiger partial charge in [-0.25, -0.2) is 0 Å². The molecule has 1 fully saturated rings. The minimum atomic E-state index is -0.732. The van der Waals surface area contributed by atoms with Crippen LogP contribution in [-0.2, 0) is 9.53 Å². The molecule has 1 aliphatic heterocycles. The topological polar surface area (TPSA) is 46.5 Å². The number of hydrogen-bond acceptors (Lipinski definition) is 2. The molecule has 2 atom stereocenters. The van der Waals surface area contributed by atoms with Crippen molar-refractivity contribution in [3.8, 4) is 0 Å². The van der Waals surface area contributed by atoms with Crippen LogP contribution >= 0.6 is 0 Å². The van der Waals surface area contributed by atoms with Gasteiger partial charge in [-0.1, -0.05) is 30.3 Å². The van der Waals surface area contributed by atoms with Crippen LogP contribution in [0, 0.1) is 5.92 Å². The standard InChI is InChI=1S/C14H18O3/c15-14(16)9-13(11-5-2-1-3-6-11)12-7-4-8-17-10-12/h1-3,5-6,12-13H,4,7-10H2,(H,15,16)/t12-,13-/m0/s1. The number of ether oxygens (including phenoxy) is 1. The van der Waals surface area contributed by atoms with Crippen molar-refractivity contribution in [2.75, 3.05) is 13.2 Å². The van der Waals surface area contributed by atoms with Gasteiger partial charge in [0.2, 0.25) is 0 Å². The van der Waals surface area contributed by atoms with Gasteiger partial charge in [0.1, 0.15) is 0 Å². The van der Waals surface area contributed by atoms with Crippen LogP contribution in [-0.4, -0.2) is 24.3 Å². The maximum Gasteiger partial charge on any atom is 0.303 e. The smallest absolute Gasteiger partial charge is 0.303 e. The minimum Gasteiger partial charge on any atom is -0.481 e. The molecule has 1 saturated heterocycles. The van der Waals surface area contributed by atoms with E-state index in [4.69, 9.17) is 9.84 Å². The van der Waals surface area contributed by atoms with E-state index in [9.17, 15) is 4.79 Å². The molecule has 0 unspecified atom stereocenters. The van der Waals surface area contributed by atoms with E-state index in [0.717, 1.165) is 25.0 Å². The van der Waals surface area contributed by atoms with Crippen molar-refractivity contribution < 1.29 is 14.6 Å².